The molecule has 0 N–H and O–H groups in total. The van der Waals surface area contributed by atoms with Crippen LogP contribution in [0.1, 0.15) is 0 Å². The smallest absolute Gasteiger partial charge is 0.0613 e. The Morgan fingerprint density at radius 1 is 0.548 bits per heavy atom. The minimum atomic E-state index is 1.17. The van der Waals surface area contributed by atoms with E-state index in [1.165, 1.54) is 49.6 Å². The fourth-order valence-electron chi connectivity index (χ4n) is 4.43. The number of fused-ring (bicyclic) bond motifs is 3. The Morgan fingerprint density at radius 2 is 1.32 bits per heavy atom. The molecule has 0 bridgehead atoms. The van der Waals surface area contributed by atoms with Gasteiger partial charge in [0.1, 0.15) is 0 Å². The van der Waals surface area contributed by atoms with Crippen LogP contribution in [0.15, 0.2) is 122 Å². The van der Waals surface area contributed by atoms with Crippen molar-refractivity contribution in [1.29, 1.82) is 0 Å². The molecule has 2 nitrogen and oxygen atoms in total. The first-order valence-corrected chi connectivity index (χ1v) is 10.5. The number of rotatable bonds is 3. The predicted molar refractivity (Wildman–Crippen MR) is 129 cm³/mol. The van der Waals surface area contributed by atoms with Gasteiger partial charge in [-0.15, -0.1) is 0 Å². The summed E-state index contributed by atoms with van der Waals surface area (Å²) in [6.45, 7) is 0. The molecule has 4 aromatic carbocycles. The number of nitrogens with zero attached hydrogens (tertiary/aromatic N) is 2. The van der Waals surface area contributed by atoms with Crippen molar-refractivity contribution in [3.8, 4) is 27.9 Å². The molecular weight excluding hydrogens is 376 g/mol. The summed E-state index contributed by atoms with van der Waals surface area (Å²) in [5, 5.41) is 3.78. The molecule has 0 aliphatic heterocycles. The molecular formula is C29H20N2. The average Bonchev–Trinajstić information content (AvgIpc) is 3.26. The molecule has 0 aliphatic carbocycles. The lowest BCUT2D eigenvalue weighted by Gasteiger charge is -2.08. The fraction of sp³-hybridized carbons (Fsp3) is 0. The van der Waals surface area contributed by atoms with E-state index < -0.39 is 0 Å². The molecule has 2 heteroatoms. The quantitative estimate of drug-likeness (QED) is 0.303. The van der Waals surface area contributed by atoms with Gasteiger partial charge < -0.3 is 4.57 Å². The number of aromatic nitrogens is 2. The van der Waals surface area contributed by atoms with E-state index in [2.05, 4.69) is 119 Å². The van der Waals surface area contributed by atoms with Gasteiger partial charge >= 0.3 is 0 Å². The zero-order valence-electron chi connectivity index (χ0n) is 16.9. The Hall–Kier alpha value is -4.17. The SMILES string of the molecule is c1ccc(-n2cc(-c3cccc(-c4ccncc4)c3)c3ccc4ccccc4c32)cc1. The van der Waals surface area contributed by atoms with Crippen LogP contribution in [0.4, 0.5) is 0 Å². The Kier molecular flexibility index (Phi) is 4.14. The molecule has 0 amide bonds. The highest BCUT2D eigenvalue weighted by molar-refractivity contribution is 6.12. The third-order valence-electron chi connectivity index (χ3n) is 5.91. The monoisotopic (exact) mass is 396 g/mol. The van der Waals surface area contributed by atoms with Gasteiger partial charge in [0.25, 0.3) is 0 Å². The Balaban J connectivity index is 1.64. The second-order valence-corrected chi connectivity index (χ2v) is 7.75. The van der Waals surface area contributed by atoms with Gasteiger partial charge in [0.15, 0.2) is 0 Å². The van der Waals surface area contributed by atoms with E-state index in [0.717, 1.165) is 0 Å². The lowest BCUT2D eigenvalue weighted by Crippen LogP contribution is -1.91. The van der Waals surface area contributed by atoms with Crippen molar-refractivity contribution in [1.82, 2.24) is 9.55 Å². The van der Waals surface area contributed by atoms with E-state index in [9.17, 15) is 0 Å². The lowest BCUT2D eigenvalue weighted by atomic mass is 9.98. The first kappa shape index (κ1) is 17.7. The molecule has 2 aromatic heterocycles. The first-order chi connectivity index (χ1) is 15.4. The number of para-hydroxylation sites is 1. The molecule has 2 heterocycles. The maximum absolute atomic E-state index is 4.15. The van der Waals surface area contributed by atoms with E-state index in [0.29, 0.717) is 0 Å². The van der Waals surface area contributed by atoms with Crippen LogP contribution in [-0.2, 0) is 0 Å². The Labute approximate surface area is 181 Å². The van der Waals surface area contributed by atoms with Gasteiger partial charge in [-0.05, 0) is 52.4 Å². The maximum Gasteiger partial charge on any atom is 0.0613 e. The predicted octanol–water partition coefficient (Wildman–Crippen LogP) is 7.51. The number of hydrogen-bond acceptors (Lipinski definition) is 1. The molecule has 0 radical (unpaired) electrons. The lowest BCUT2D eigenvalue weighted by molar-refractivity contribution is 1.13. The summed E-state index contributed by atoms with van der Waals surface area (Å²) < 4.78 is 2.33. The summed E-state index contributed by atoms with van der Waals surface area (Å²) >= 11 is 0. The molecule has 0 atom stereocenters. The minimum absolute atomic E-state index is 1.17. The van der Waals surface area contributed by atoms with Crippen LogP contribution in [-0.4, -0.2) is 9.55 Å². The van der Waals surface area contributed by atoms with Gasteiger partial charge in [-0.25, -0.2) is 0 Å². The van der Waals surface area contributed by atoms with E-state index in [4.69, 9.17) is 0 Å². The van der Waals surface area contributed by atoms with Crippen molar-refractivity contribution in [2.24, 2.45) is 0 Å². The molecule has 31 heavy (non-hydrogen) atoms. The van der Waals surface area contributed by atoms with Crippen molar-refractivity contribution >= 4 is 21.7 Å². The van der Waals surface area contributed by atoms with Gasteiger partial charge in [-0.3, -0.25) is 4.98 Å². The van der Waals surface area contributed by atoms with Crippen molar-refractivity contribution in [2.45, 2.75) is 0 Å². The summed E-state index contributed by atoms with van der Waals surface area (Å²) in [5.41, 5.74) is 7.23. The maximum atomic E-state index is 4.15. The van der Waals surface area contributed by atoms with Crippen LogP contribution < -0.4 is 0 Å². The zero-order chi connectivity index (χ0) is 20.6. The van der Waals surface area contributed by atoms with Gasteiger partial charge in [0.05, 0.1) is 5.52 Å². The van der Waals surface area contributed by atoms with E-state index in [-0.39, 0.29) is 0 Å². The van der Waals surface area contributed by atoms with E-state index >= 15 is 0 Å². The molecule has 0 fully saturated rings. The zero-order valence-corrected chi connectivity index (χ0v) is 16.9. The van der Waals surface area contributed by atoms with Gasteiger partial charge in [0, 0.05) is 40.6 Å². The fourth-order valence-corrected chi connectivity index (χ4v) is 4.43. The van der Waals surface area contributed by atoms with Gasteiger partial charge in [-0.1, -0.05) is 72.8 Å². The van der Waals surface area contributed by atoms with Crippen LogP contribution in [0, 0.1) is 0 Å². The molecule has 0 aliphatic rings. The topological polar surface area (TPSA) is 17.8 Å². The van der Waals surface area contributed by atoms with Crippen molar-refractivity contribution in [3.63, 3.8) is 0 Å². The first-order valence-electron chi connectivity index (χ1n) is 10.5. The summed E-state index contributed by atoms with van der Waals surface area (Å²) in [4.78, 5) is 4.15. The molecule has 0 unspecified atom stereocenters. The largest absolute Gasteiger partial charge is 0.315 e. The Bertz CT molecular complexity index is 1510. The minimum Gasteiger partial charge on any atom is -0.315 e. The number of hydrogen-bond donors (Lipinski definition) is 0. The highest BCUT2D eigenvalue weighted by atomic mass is 15.0. The second kappa shape index (κ2) is 7.26. The molecule has 6 rings (SSSR count). The van der Waals surface area contributed by atoms with Crippen LogP contribution in [0.3, 0.4) is 0 Å². The summed E-state index contributed by atoms with van der Waals surface area (Å²) in [6, 6.07) is 36.6. The summed E-state index contributed by atoms with van der Waals surface area (Å²) in [7, 11) is 0. The molecule has 0 saturated heterocycles. The molecule has 6 aromatic rings. The summed E-state index contributed by atoms with van der Waals surface area (Å²) in [5.74, 6) is 0. The number of benzene rings is 4. The highest BCUT2D eigenvalue weighted by Crippen LogP contribution is 2.37. The van der Waals surface area contributed by atoms with E-state index in [1.807, 2.05) is 12.4 Å². The summed E-state index contributed by atoms with van der Waals surface area (Å²) in [6.07, 6.45) is 5.96. The van der Waals surface area contributed by atoms with Crippen molar-refractivity contribution < 1.29 is 0 Å². The van der Waals surface area contributed by atoms with Crippen LogP contribution >= 0.6 is 0 Å². The van der Waals surface area contributed by atoms with Crippen molar-refractivity contribution in [3.05, 3.63) is 122 Å². The van der Waals surface area contributed by atoms with Crippen LogP contribution in [0.2, 0.25) is 0 Å². The highest BCUT2D eigenvalue weighted by Gasteiger charge is 2.14. The van der Waals surface area contributed by atoms with Crippen LogP contribution in [0.5, 0.6) is 0 Å². The normalized spacial score (nSPS) is 11.2. The Morgan fingerprint density at radius 3 is 2.19 bits per heavy atom. The second-order valence-electron chi connectivity index (χ2n) is 7.75. The third kappa shape index (κ3) is 3.01. The van der Waals surface area contributed by atoms with Crippen molar-refractivity contribution in [2.75, 3.05) is 0 Å². The van der Waals surface area contributed by atoms with Crippen LogP contribution in [0.25, 0.3) is 49.6 Å². The molecule has 146 valence electrons. The molecule has 0 saturated carbocycles. The molecule has 0 spiro atoms. The van der Waals surface area contributed by atoms with E-state index in [1.54, 1.807) is 0 Å². The van der Waals surface area contributed by atoms with Gasteiger partial charge in [0.2, 0.25) is 0 Å². The van der Waals surface area contributed by atoms with Gasteiger partial charge in [-0.2, -0.15) is 0 Å². The average molecular weight is 396 g/mol. The number of pyridine rings is 1. The standard InChI is InChI=1S/C29H20N2/c1-2-10-25(11-3-1)31-20-28(27-14-13-22-7-4-5-12-26(22)29(27)31)24-9-6-8-23(19-24)21-15-17-30-18-16-21/h1-20H. The third-order valence-corrected chi connectivity index (χ3v) is 5.91.